The third-order valence-corrected chi connectivity index (χ3v) is 5.67. The van der Waals surface area contributed by atoms with Crippen molar-refractivity contribution in [3.8, 4) is 0 Å². The highest BCUT2D eigenvalue weighted by molar-refractivity contribution is 7.58. The van der Waals surface area contributed by atoms with Crippen molar-refractivity contribution in [2.24, 2.45) is 0 Å². The van der Waals surface area contributed by atoms with Crippen LogP contribution in [0.2, 0.25) is 0 Å². The highest BCUT2D eigenvalue weighted by Gasteiger charge is 2.43. The molecule has 0 spiro atoms. The molecule has 0 N–H and O–H groups in total. The molecule has 4 aliphatic rings. The molecule has 4 aliphatic heterocycles. The predicted octanol–water partition coefficient (Wildman–Crippen LogP) is 0.137. The molecule has 0 aliphatic carbocycles. The first-order chi connectivity index (χ1) is 5.23. The minimum atomic E-state index is 0.260. The lowest BCUT2D eigenvalue weighted by Crippen LogP contribution is -2.69. The van der Waals surface area contributed by atoms with E-state index in [1.54, 1.807) is 0 Å². The predicted molar refractivity (Wildman–Crippen MR) is 47.4 cm³/mol. The van der Waals surface area contributed by atoms with Crippen molar-refractivity contribution in [1.29, 1.82) is 0 Å². The van der Waals surface area contributed by atoms with Gasteiger partial charge in [0, 0.05) is 12.6 Å². The largest absolute Gasteiger partial charge is 0.491 e. The van der Waals surface area contributed by atoms with Gasteiger partial charge in [-0.25, -0.2) is 9.80 Å². The second-order valence-electron chi connectivity index (χ2n) is 3.92. The van der Waals surface area contributed by atoms with Crippen molar-refractivity contribution in [2.45, 2.75) is 0 Å². The van der Waals surface area contributed by atoms with Crippen molar-refractivity contribution in [1.82, 2.24) is 9.80 Å². The van der Waals surface area contributed by atoms with Crippen molar-refractivity contribution in [3.63, 3.8) is 0 Å². The number of hydrogen-bond donors (Lipinski definition) is 0. The molecule has 11 heavy (non-hydrogen) atoms. The molecule has 4 fully saturated rings. The molecule has 0 aromatic rings. The first-order valence-corrected chi connectivity index (χ1v) is 6.24. The number of nitrogens with zero attached hydrogens (tertiary/aromatic N) is 3. The van der Waals surface area contributed by atoms with E-state index in [4.69, 9.17) is 12.8 Å². The van der Waals surface area contributed by atoms with Gasteiger partial charge in [0.1, 0.15) is 13.3 Å². The molecule has 0 saturated carbocycles. The zero-order chi connectivity index (χ0) is 7.47. The molecule has 0 aromatic carbocycles. The molecule has 5 heteroatoms. The summed E-state index contributed by atoms with van der Waals surface area (Å²) < 4.78 is 0.895. The smallest absolute Gasteiger partial charge is 0.121 e. The summed E-state index contributed by atoms with van der Waals surface area (Å²) >= 11 is 5.56. The number of rotatable bonds is 0. The summed E-state index contributed by atoms with van der Waals surface area (Å²) in [5, 5.41) is 0. The molecule has 3 nitrogen and oxygen atoms in total. The van der Waals surface area contributed by atoms with Crippen LogP contribution in [0.25, 0.3) is 0 Å². The Hall–Kier alpha value is 0.660. The maximum absolute atomic E-state index is 5.56. The van der Waals surface area contributed by atoms with Gasteiger partial charge >= 0.3 is 0 Å². The molecule has 2 unspecified atom stereocenters. The first kappa shape index (κ1) is 7.10. The van der Waals surface area contributed by atoms with Gasteiger partial charge in [-0.3, -0.25) is 0 Å². The van der Waals surface area contributed by atoms with E-state index in [2.05, 4.69) is 9.80 Å². The normalized spacial score (nSPS) is 60.3. The minimum absolute atomic E-state index is 0.260. The summed E-state index contributed by atoms with van der Waals surface area (Å²) in [6.07, 6.45) is 4.03. The molecule has 4 heterocycles. The molecule has 62 valence electrons. The van der Waals surface area contributed by atoms with Crippen LogP contribution in [0.4, 0.5) is 0 Å². The Labute approximate surface area is 73.8 Å². The van der Waals surface area contributed by atoms with Gasteiger partial charge in [0.25, 0.3) is 0 Å². The van der Waals surface area contributed by atoms with Crippen LogP contribution in [0.1, 0.15) is 0 Å². The molecule has 4 rings (SSSR count). The van der Waals surface area contributed by atoms with Gasteiger partial charge in [-0.1, -0.05) is 0 Å². The van der Waals surface area contributed by atoms with Crippen LogP contribution in [-0.4, -0.2) is 52.6 Å². The highest BCUT2D eigenvalue weighted by atomic mass is 32.1. The van der Waals surface area contributed by atoms with E-state index in [0.717, 1.165) is 17.2 Å². The Morgan fingerprint density at radius 3 is 2.27 bits per heavy atom. The van der Waals surface area contributed by atoms with Gasteiger partial charge in [-0.2, -0.15) is 0 Å². The third-order valence-electron chi connectivity index (χ3n) is 2.57. The van der Waals surface area contributed by atoms with E-state index in [0.29, 0.717) is 0 Å². The van der Waals surface area contributed by atoms with E-state index in [9.17, 15) is 0 Å². The Morgan fingerprint density at radius 2 is 1.82 bits per heavy atom. The third kappa shape index (κ3) is 1.04. The van der Waals surface area contributed by atoms with Crippen LogP contribution in [0, 0.1) is 0 Å². The van der Waals surface area contributed by atoms with Gasteiger partial charge in [0.15, 0.2) is 0 Å². The molecule has 0 radical (unpaired) electrons. The van der Waals surface area contributed by atoms with E-state index in [-0.39, 0.29) is 7.92 Å². The maximum atomic E-state index is 5.56. The van der Waals surface area contributed by atoms with Gasteiger partial charge < -0.3 is 16.7 Å². The second-order valence-corrected chi connectivity index (χ2v) is 6.88. The van der Waals surface area contributed by atoms with Crippen molar-refractivity contribution in [3.05, 3.63) is 0 Å². The van der Waals surface area contributed by atoms with E-state index in [1.165, 1.54) is 25.5 Å². The van der Waals surface area contributed by atoms with Crippen LogP contribution >= 0.6 is 7.92 Å². The summed E-state index contributed by atoms with van der Waals surface area (Å²) in [4.78, 5) is 5.05. The van der Waals surface area contributed by atoms with Crippen LogP contribution in [0.15, 0.2) is 0 Å². The second kappa shape index (κ2) is 2.12. The molecular formula is C6H12N3PS. The van der Waals surface area contributed by atoms with Gasteiger partial charge in [-0.05, 0) is 7.92 Å². The molecule has 0 amide bonds. The lowest BCUT2D eigenvalue weighted by molar-refractivity contribution is -0.822. The summed E-state index contributed by atoms with van der Waals surface area (Å²) in [5.74, 6) is 0. The molecular weight excluding hydrogens is 177 g/mol. The average Bonchev–Trinajstić information content (AvgIpc) is 1.79. The zero-order valence-corrected chi connectivity index (χ0v) is 8.15. The molecule has 2 atom stereocenters. The molecule has 0 aromatic heterocycles. The number of quaternary nitrogens is 1. The van der Waals surface area contributed by atoms with Gasteiger partial charge in [0.2, 0.25) is 0 Å². The minimum Gasteiger partial charge on any atom is -0.491 e. The summed E-state index contributed by atoms with van der Waals surface area (Å²) in [6, 6.07) is 0. The summed E-state index contributed by atoms with van der Waals surface area (Å²) in [6.45, 7) is 3.45. The summed E-state index contributed by atoms with van der Waals surface area (Å²) in [5.41, 5.74) is 0. The monoisotopic (exact) mass is 189 g/mol. The fourth-order valence-electron chi connectivity index (χ4n) is 2.48. The van der Waals surface area contributed by atoms with Crippen LogP contribution < -0.4 is 0 Å². The number of hydrogen-bond acceptors (Lipinski definition) is 3. The van der Waals surface area contributed by atoms with Crippen molar-refractivity contribution >= 4 is 20.7 Å². The quantitative estimate of drug-likeness (QED) is 0.304. The van der Waals surface area contributed by atoms with Crippen molar-refractivity contribution in [2.75, 3.05) is 38.9 Å². The lowest BCUT2D eigenvalue weighted by Gasteiger charge is -2.63. The highest BCUT2D eigenvalue weighted by Crippen LogP contribution is 2.49. The Balaban J connectivity index is 1.94. The Bertz CT molecular complexity index is 163. The van der Waals surface area contributed by atoms with Crippen molar-refractivity contribution < 1.29 is 3.89 Å². The zero-order valence-electron chi connectivity index (χ0n) is 6.44. The Morgan fingerprint density at radius 1 is 1.18 bits per heavy atom. The SMILES string of the molecule is [S-][N+]12CN3CN(CP(C3)C1)C2. The van der Waals surface area contributed by atoms with E-state index in [1.807, 2.05) is 0 Å². The van der Waals surface area contributed by atoms with Gasteiger partial charge in [0.05, 0.1) is 13.0 Å². The topological polar surface area (TPSA) is 6.48 Å². The maximum Gasteiger partial charge on any atom is 0.121 e. The molecule has 4 saturated heterocycles. The lowest BCUT2D eigenvalue weighted by atomic mass is 10.5. The van der Waals surface area contributed by atoms with Crippen LogP contribution in [0.5, 0.6) is 0 Å². The fourth-order valence-corrected chi connectivity index (χ4v) is 5.96. The standard InChI is InChI=1S/C6H12N3PS/c11-9-2-7-1-8(3-9)5-10(4-7)6-9/h1-6H2. The van der Waals surface area contributed by atoms with E-state index >= 15 is 0 Å². The van der Waals surface area contributed by atoms with E-state index < -0.39 is 0 Å². The van der Waals surface area contributed by atoms with Gasteiger partial charge in [-0.15, -0.1) is 0 Å². The summed E-state index contributed by atoms with van der Waals surface area (Å²) in [7, 11) is 0.260. The van der Waals surface area contributed by atoms with Crippen LogP contribution in [-0.2, 0) is 12.8 Å². The fraction of sp³-hybridized carbons (Fsp3) is 1.00. The first-order valence-electron chi connectivity index (χ1n) is 3.98. The molecule has 4 bridgehead atoms. The Kier molecular flexibility index (Phi) is 1.37. The average molecular weight is 189 g/mol. The van der Waals surface area contributed by atoms with Crippen LogP contribution in [0.3, 0.4) is 0 Å².